The lowest BCUT2D eigenvalue weighted by Crippen LogP contribution is -2.26. The number of hydrogen-bond acceptors (Lipinski definition) is 4. The molecular weight excluding hydrogens is 422 g/mol. The van der Waals surface area contributed by atoms with Crippen molar-refractivity contribution in [3.8, 4) is 0 Å². The summed E-state index contributed by atoms with van der Waals surface area (Å²) >= 11 is 0. The van der Waals surface area contributed by atoms with Crippen LogP contribution in [-0.2, 0) is 10.0 Å². The van der Waals surface area contributed by atoms with E-state index in [-0.39, 0.29) is 10.8 Å². The standard InChI is InChI=1S/C25H21N3O3S/c1-28(32(30,31)23-11-3-2-4-12-23)22-16-14-20(15-17-22)25(29)27-26-18-21-10-7-9-19-8-5-6-13-24(19)21/h2-18H,1H3,(H,27,29). The fraction of sp³-hybridized carbons (Fsp3) is 0.0400. The smallest absolute Gasteiger partial charge is 0.269 e. The number of hydrogen-bond donors (Lipinski definition) is 1. The molecule has 0 aliphatic heterocycles. The molecule has 0 atom stereocenters. The summed E-state index contributed by atoms with van der Waals surface area (Å²) in [7, 11) is -2.20. The Hall–Kier alpha value is -3.97. The van der Waals surface area contributed by atoms with Crippen LogP contribution in [0.1, 0.15) is 15.9 Å². The van der Waals surface area contributed by atoms with Crippen LogP contribution in [0.4, 0.5) is 5.69 Å². The van der Waals surface area contributed by atoms with Crippen LogP contribution >= 0.6 is 0 Å². The fourth-order valence-electron chi connectivity index (χ4n) is 3.30. The third-order valence-corrected chi connectivity index (χ3v) is 6.89. The van der Waals surface area contributed by atoms with Crippen molar-refractivity contribution in [3.05, 3.63) is 108 Å². The number of nitrogens with zero attached hydrogens (tertiary/aromatic N) is 2. The highest BCUT2D eigenvalue weighted by atomic mass is 32.2. The van der Waals surface area contributed by atoms with Crippen molar-refractivity contribution in [3.63, 3.8) is 0 Å². The molecule has 4 aromatic carbocycles. The Labute approximate surface area is 186 Å². The molecule has 1 amide bonds. The predicted octanol–water partition coefficient (Wildman–Crippen LogP) is 4.43. The Kier molecular flexibility index (Phi) is 6.00. The third kappa shape index (κ3) is 4.38. The average Bonchev–Trinajstić information content (AvgIpc) is 2.84. The number of nitrogens with one attached hydrogen (secondary N) is 1. The van der Waals surface area contributed by atoms with E-state index in [1.54, 1.807) is 60.8 Å². The van der Waals surface area contributed by atoms with E-state index in [2.05, 4.69) is 10.5 Å². The zero-order valence-electron chi connectivity index (χ0n) is 17.3. The molecule has 0 aliphatic rings. The molecule has 0 saturated carbocycles. The molecule has 0 radical (unpaired) electrons. The van der Waals surface area contributed by atoms with Crippen LogP contribution in [0, 0.1) is 0 Å². The minimum Gasteiger partial charge on any atom is -0.269 e. The molecule has 32 heavy (non-hydrogen) atoms. The highest BCUT2D eigenvalue weighted by molar-refractivity contribution is 7.92. The number of rotatable bonds is 6. The van der Waals surface area contributed by atoms with E-state index in [0.29, 0.717) is 11.3 Å². The van der Waals surface area contributed by atoms with Crippen molar-refractivity contribution in [2.45, 2.75) is 4.90 Å². The molecular formula is C25H21N3O3S. The largest absolute Gasteiger partial charge is 0.271 e. The van der Waals surface area contributed by atoms with Crippen molar-refractivity contribution >= 4 is 38.6 Å². The van der Waals surface area contributed by atoms with E-state index < -0.39 is 10.0 Å². The van der Waals surface area contributed by atoms with Gasteiger partial charge >= 0.3 is 0 Å². The molecule has 0 fully saturated rings. The summed E-state index contributed by atoms with van der Waals surface area (Å²) < 4.78 is 26.7. The second-order valence-electron chi connectivity index (χ2n) is 7.10. The lowest BCUT2D eigenvalue weighted by atomic mass is 10.1. The van der Waals surface area contributed by atoms with Gasteiger partial charge in [0.05, 0.1) is 16.8 Å². The molecule has 4 rings (SSSR count). The van der Waals surface area contributed by atoms with E-state index in [9.17, 15) is 13.2 Å². The van der Waals surface area contributed by atoms with Gasteiger partial charge in [-0.25, -0.2) is 13.8 Å². The van der Waals surface area contributed by atoms with Gasteiger partial charge in [-0.2, -0.15) is 5.10 Å². The number of fused-ring (bicyclic) bond motifs is 1. The number of hydrazone groups is 1. The average molecular weight is 444 g/mol. The summed E-state index contributed by atoms with van der Waals surface area (Å²) in [6, 6.07) is 28.3. The summed E-state index contributed by atoms with van der Waals surface area (Å²) in [5.74, 6) is -0.387. The van der Waals surface area contributed by atoms with Crippen LogP contribution in [0.15, 0.2) is 107 Å². The maximum atomic E-state index is 12.7. The van der Waals surface area contributed by atoms with E-state index >= 15 is 0 Å². The molecule has 0 spiro atoms. The SMILES string of the molecule is CN(c1ccc(C(=O)NN=Cc2cccc3ccccc23)cc1)S(=O)(=O)c1ccccc1. The van der Waals surface area contributed by atoms with Gasteiger partial charge < -0.3 is 0 Å². The summed E-state index contributed by atoms with van der Waals surface area (Å²) in [6.07, 6.45) is 1.61. The zero-order chi connectivity index (χ0) is 22.6. The van der Waals surface area contributed by atoms with Gasteiger partial charge in [-0.3, -0.25) is 9.10 Å². The predicted molar refractivity (Wildman–Crippen MR) is 127 cm³/mol. The maximum absolute atomic E-state index is 12.7. The highest BCUT2D eigenvalue weighted by Crippen LogP contribution is 2.22. The summed E-state index contributed by atoms with van der Waals surface area (Å²) in [4.78, 5) is 12.6. The first-order chi connectivity index (χ1) is 15.5. The summed E-state index contributed by atoms with van der Waals surface area (Å²) in [5.41, 5.74) is 4.23. The van der Waals surface area contributed by atoms with Gasteiger partial charge in [0.1, 0.15) is 0 Å². The fourth-order valence-corrected chi connectivity index (χ4v) is 4.52. The molecule has 0 aliphatic carbocycles. The van der Waals surface area contributed by atoms with Gasteiger partial charge in [-0.1, -0.05) is 60.7 Å². The Morgan fingerprint density at radius 1 is 0.844 bits per heavy atom. The van der Waals surface area contributed by atoms with Crippen LogP contribution in [0.3, 0.4) is 0 Å². The van der Waals surface area contributed by atoms with Crippen molar-refractivity contribution in [1.82, 2.24) is 5.43 Å². The summed E-state index contributed by atoms with van der Waals surface area (Å²) in [6.45, 7) is 0. The van der Waals surface area contributed by atoms with Gasteiger partial charge in [0.15, 0.2) is 0 Å². The first-order valence-corrected chi connectivity index (χ1v) is 11.4. The van der Waals surface area contributed by atoms with Crippen LogP contribution in [0.2, 0.25) is 0 Å². The molecule has 7 heteroatoms. The Morgan fingerprint density at radius 2 is 1.50 bits per heavy atom. The van der Waals surface area contributed by atoms with Crippen molar-refractivity contribution in [1.29, 1.82) is 0 Å². The van der Waals surface area contributed by atoms with Crippen LogP contribution in [-0.4, -0.2) is 27.6 Å². The molecule has 0 heterocycles. The van der Waals surface area contributed by atoms with Gasteiger partial charge in [0, 0.05) is 18.2 Å². The van der Waals surface area contributed by atoms with E-state index in [1.807, 2.05) is 42.5 Å². The van der Waals surface area contributed by atoms with Crippen LogP contribution in [0.5, 0.6) is 0 Å². The highest BCUT2D eigenvalue weighted by Gasteiger charge is 2.21. The first kappa shape index (κ1) is 21.3. The number of anilines is 1. The Morgan fingerprint density at radius 3 is 2.25 bits per heavy atom. The molecule has 160 valence electrons. The van der Waals surface area contributed by atoms with E-state index in [4.69, 9.17) is 0 Å². The quantitative estimate of drug-likeness (QED) is 0.354. The Bertz CT molecular complexity index is 1380. The minimum atomic E-state index is -3.68. The molecule has 0 unspecified atom stereocenters. The number of amides is 1. The van der Waals surface area contributed by atoms with Gasteiger partial charge in [0.25, 0.3) is 15.9 Å². The molecule has 4 aromatic rings. The first-order valence-electron chi connectivity index (χ1n) is 9.92. The lowest BCUT2D eigenvalue weighted by molar-refractivity contribution is 0.0955. The third-order valence-electron chi connectivity index (χ3n) is 5.09. The Balaban J connectivity index is 1.46. The number of benzene rings is 4. The van der Waals surface area contributed by atoms with E-state index in [1.165, 1.54) is 11.4 Å². The van der Waals surface area contributed by atoms with Gasteiger partial charge in [-0.05, 0) is 47.2 Å². The van der Waals surface area contributed by atoms with E-state index in [0.717, 1.165) is 16.3 Å². The lowest BCUT2D eigenvalue weighted by Gasteiger charge is -2.19. The molecule has 0 aromatic heterocycles. The summed E-state index contributed by atoms with van der Waals surface area (Å²) in [5, 5.41) is 6.21. The number of carbonyl (C=O) groups is 1. The monoisotopic (exact) mass is 443 g/mol. The number of carbonyl (C=O) groups excluding carboxylic acids is 1. The van der Waals surface area contributed by atoms with Crippen LogP contribution in [0.25, 0.3) is 10.8 Å². The van der Waals surface area contributed by atoms with Gasteiger partial charge in [-0.15, -0.1) is 0 Å². The van der Waals surface area contributed by atoms with Gasteiger partial charge in [0.2, 0.25) is 0 Å². The zero-order valence-corrected chi connectivity index (χ0v) is 18.2. The molecule has 1 N–H and O–H groups in total. The minimum absolute atomic E-state index is 0.201. The maximum Gasteiger partial charge on any atom is 0.271 e. The van der Waals surface area contributed by atoms with Crippen molar-refractivity contribution < 1.29 is 13.2 Å². The number of sulfonamides is 1. The van der Waals surface area contributed by atoms with Crippen molar-refractivity contribution in [2.75, 3.05) is 11.4 Å². The topological polar surface area (TPSA) is 78.8 Å². The molecule has 6 nitrogen and oxygen atoms in total. The molecule has 0 bridgehead atoms. The normalized spacial score (nSPS) is 11.5. The molecule has 0 saturated heterocycles. The second kappa shape index (κ2) is 9.03. The van der Waals surface area contributed by atoms with Crippen molar-refractivity contribution in [2.24, 2.45) is 5.10 Å². The second-order valence-corrected chi connectivity index (χ2v) is 9.07. The van der Waals surface area contributed by atoms with Crippen LogP contribution < -0.4 is 9.73 Å².